The summed E-state index contributed by atoms with van der Waals surface area (Å²) in [6.07, 6.45) is 7.60. The van der Waals surface area contributed by atoms with E-state index in [2.05, 4.69) is 13.8 Å². The van der Waals surface area contributed by atoms with Crippen molar-refractivity contribution in [1.82, 2.24) is 0 Å². The van der Waals surface area contributed by atoms with Gasteiger partial charge in [0.15, 0.2) is 0 Å². The smallest absolute Gasteiger partial charge is 0.310 e. The summed E-state index contributed by atoms with van der Waals surface area (Å²) in [7, 11) is 0. The predicted octanol–water partition coefficient (Wildman–Crippen LogP) is 5.93. The fourth-order valence-corrected chi connectivity index (χ4v) is 3.56. The number of esters is 2. The number of carbonyl (C=O) groups is 2. The molecule has 0 N–H and O–H groups in total. The maximum atomic E-state index is 12.2. The second-order valence-electron chi connectivity index (χ2n) is 6.64. The third-order valence-corrected chi connectivity index (χ3v) is 5.37. The van der Waals surface area contributed by atoms with Gasteiger partial charge in [-0.05, 0) is 39.5 Å². The zero-order chi connectivity index (χ0) is 19.2. The Bertz CT molecular complexity index is 339. The molecule has 0 saturated carbocycles. The van der Waals surface area contributed by atoms with E-state index >= 15 is 0 Å². The molecule has 0 rings (SSSR count). The van der Waals surface area contributed by atoms with Gasteiger partial charge in [0, 0.05) is 0 Å². The fraction of sp³-hybridized carbons (Fsp3) is 0.900. The van der Waals surface area contributed by atoms with Crippen LogP contribution in [0.4, 0.5) is 0 Å². The number of carbonyl (C=O) groups excluding carboxylic acids is 2. The first kappa shape index (κ1) is 24.3. The molecule has 0 amide bonds. The van der Waals surface area contributed by atoms with E-state index in [1.807, 2.05) is 27.7 Å². The van der Waals surface area contributed by atoms with Crippen LogP contribution in [0.3, 0.4) is 0 Å². The molecule has 0 fully saturated rings. The van der Waals surface area contributed by atoms with Gasteiger partial charge in [-0.1, -0.05) is 65.1 Å². The van der Waals surface area contributed by atoms with Crippen LogP contribution < -0.4 is 0 Å². The summed E-state index contributed by atoms with van der Waals surface area (Å²) in [5.74, 6) is -0.327. The third kappa shape index (κ3) is 10.8. The maximum Gasteiger partial charge on any atom is 0.310 e. The van der Waals surface area contributed by atoms with Gasteiger partial charge in [0.05, 0.1) is 11.8 Å². The standard InChI is InChI=1S/C20H38O4S/c1-7-11-13-17(9-3)19(21)23-15(5)25-16(6)24-20(22)18(10-4)14-12-8-2/h15-18H,7-14H2,1-6H3. The molecule has 4 nitrogen and oxygen atoms in total. The molecule has 0 aliphatic heterocycles. The van der Waals surface area contributed by atoms with Gasteiger partial charge in [-0.15, -0.1) is 0 Å². The molecule has 25 heavy (non-hydrogen) atoms. The van der Waals surface area contributed by atoms with Crippen molar-refractivity contribution in [3.63, 3.8) is 0 Å². The quantitative estimate of drug-likeness (QED) is 0.278. The maximum absolute atomic E-state index is 12.2. The van der Waals surface area contributed by atoms with Crippen molar-refractivity contribution in [3.05, 3.63) is 0 Å². The summed E-state index contributed by atoms with van der Waals surface area (Å²) in [6, 6.07) is 0. The van der Waals surface area contributed by atoms with Crippen molar-refractivity contribution < 1.29 is 19.1 Å². The molecule has 5 heteroatoms. The molecule has 0 aromatic rings. The number of hydrogen-bond acceptors (Lipinski definition) is 5. The lowest BCUT2D eigenvalue weighted by molar-refractivity contribution is -0.150. The van der Waals surface area contributed by atoms with Crippen LogP contribution in [0, 0.1) is 11.8 Å². The van der Waals surface area contributed by atoms with Gasteiger partial charge >= 0.3 is 11.9 Å². The van der Waals surface area contributed by atoms with Crippen molar-refractivity contribution in [2.45, 2.75) is 104 Å². The molecule has 148 valence electrons. The average molecular weight is 375 g/mol. The van der Waals surface area contributed by atoms with E-state index < -0.39 is 0 Å². The Morgan fingerprint density at radius 3 is 1.40 bits per heavy atom. The number of unbranched alkanes of at least 4 members (excludes halogenated alkanes) is 2. The Hall–Kier alpha value is -0.710. The van der Waals surface area contributed by atoms with E-state index in [0.717, 1.165) is 51.4 Å². The van der Waals surface area contributed by atoms with Crippen LogP contribution in [0.15, 0.2) is 0 Å². The van der Waals surface area contributed by atoms with Gasteiger partial charge in [-0.3, -0.25) is 9.59 Å². The van der Waals surface area contributed by atoms with Crippen LogP contribution in [0.5, 0.6) is 0 Å². The van der Waals surface area contributed by atoms with E-state index in [-0.39, 0.29) is 34.6 Å². The molecule has 0 radical (unpaired) electrons. The lowest BCUT2D eigenvalue weighted by atomic mass is 10.00. The molecular formula is C20H38O4S. The van der Waals surface area contributed by atoms with Crippen LogP contribution in [0.1, 0.15) is 92.9 Å². The van der Waals surface area contributed by atoms with E-state index in [9.17, 15) is 9.59 Å². The Balaban J connectivity index is 4.32. The van der Waals surface area contributed by atoms with E-state index in [4.69, 9.17) is 9.47 Å². The first-order valence-electron chi connectivity index (χ1n) is 9.95. The Labute approximate surface area is 158 Å². The first-order valence-corrected chi connectivity index (χ1v) is 10.9. The van der Waals surface area contributed by atoms with E-state index in [1.54, 1.807) is 0 Å². The summed E-state index contributed by atoms with van der Waals surface area (Å²) in [5.41, 5.74) is -0.636. The molecule has 0 spiro atoms. The van der Waals surface area contributed by atoms with Gasteiger partial charge in [0.1, 0.15) is 10.9 Å². The highest BCUT2D eigenvalue weighted by Crippen LogP contribution is 2.24. The Morgan fingerprint density at radius 2 is 1.12 bits per heavy atom. The predicted molar refractivity (Wildman–Crippen MR) is 105 cm³/mol. The molecule has 4 unspecified atom stereocenters. The molecule has 0 aromatic carbocycles. The lowest BCUT2D eigenvalue weighted by Crippen LogP contribution is -2.25. The van der Waals surface area contributed by atoms with Crippen molar-refractivity contribution >= 4 is 23.7 Å². The highest BCUT2D eigenvalue weighted by atomic mass is 32.2. The van der Waals surface area contributed by atoms with Gasteiger partial charge in [0.2, 0.25) is 0 Å². The monoisotopic (exact) mass is 374 g/mol. The van der Waals surface area contributed by atoms with Crippen molar-refractivity contribution in [1.29, 1.82) is 0 Å². The molecule has 0 aliphatic rings. The fourth-order valence-electron chi connectivity index (χ4n) is 2.72. The molecule has 0 aromatic heterocycles. The molecule has 0 aliphatic carbocycles. The summed E-state index contributed by atoms with van der Waals surface area (Å²) >= 11 is 1.37. The summed E-state index contributed by atoms with van der Waals surface area (Å²) < 4.78 is 11.1. The van der Waals surface area contributed by atoms with Gasteiger partial charge in [-0.2, -0.15) is 0 Å². The lowest BCUT2D eigenvalue weighted by Gasteiger charge is -2.22. The average Bonchev–Trinajstić information content (AvgIpc) is 2.55. The molecule has 4 atom stereocenters. The van der Waals surface area contributed by atoms with E-state index in [1.165, 1.54) is 11.8 Å². The Morgan fingerprint density at radius 1 is 0.760 bits per heavy atom. The SMILES string of the molecule is CCCCC(CC)C(=O)OC(C)SC(C)OC(=O)C(CC)CCCC. The van der Waals surface area contributed by atoms with Crippen LogP contribution in [-0.4, -0.2) is 22.8 Å². The van der Waals surface area contributed by atoms with E-state index in [0.29, 0.717) is 0 Å². The zero-order valence-electron chi connectivity index (χ0n) is 17.0. The van der Waals surface area contributed by atoms with Crippen LogP contribution in [-0.2, 0) is 19.1 Å². The molecule has 0 saturated heterocycles. The van der Waals surface area contributed by atoms with Gasteiger partial charge < -0.3 is 9.47 Å². The molecule has 0 bridgehead atoms. The minimum Gasteiger partial charge on any atom is -0.451 e. The largest absolute Gasteiger partial charge is 0.451 e. The second kappa shape index (κ2) is 14.5. The van der Waals surface area contributed by atoms with Crippen molar-refractivity contribution in [2.75, 3.05) is 0 Å². The van der Waals surface area contributed by atoms with Gasteiger partial charge in [0.25, 0.3) is 0 Å². The summed E-state index contributed by atoms with van der Waals surface area (Å²) in [5, 5.41) is 0. The number of hydrogen-bond donors (Lipinski definition) is 0. The van der Waals surface area contributed by atoms with Crippen molar-refractivity contribution in [3.8, 4) is 0 Å². The molecule has 0 heterocycles. The summed E-state index contributed by atoms with van der Waals surface area (Å²) in [4.78, 5) is 24.4. The molecular weight excluding hydrogens is 336 g/mol. The highest BCUT2D eigenvalue weighted by molar-refractivity contribution is 8.00. The zero-order valence-corrected chi connectivity index (χ0v) is 17.8. The summed E-state index contributed by atoms with van der Waals surface area (Å²) in [6.45, 7) is 12.0. The van der Waals surface area contributed by atoms with Crippen LogP contribution in [0.2, 0.25) is 0 Å². The number of thioether (sulfide) groups is 1. The highest BCUT2D eigenvalue weighted by Gasteiger charge is 2.24. The second-order valence-corrected chi connectivity index (χ2v) is 8.24. The van der Waals surface area contributed by atoms with Crippen LogP contribution >= 0.6 is 11.8 Å². The van der Waals surface area contributed by atoms with Crippen LogP contribution in [0.25, 0.3) is 0 Å². The first-order chi connectivity index (χ1) is 11.9. The topological polar surface area (TPSA) is 52.6 Å². The number of rotatable bonds is 14. The normalized spacial score (nSPS) is 15.9. The minimum absolute atomic E-state index is 0.0284. The Kier molecular flexibility index (Phi) is 14.0. The minimum atomic E-state index is -0.318. The third-order valence-electron chi connectivity index (χ3n) is 4.41. The van der Waals surface area contributed by atoms with Gasteiger partial charge in [-0.25, -0.2) is 0 Å². The van der Waals surface area contributed by atoms with Crippen molar-refractivity contribution in [2.24, 2.45) is 11.8 Å². The number of ether oxygens (including phenoxy) is 2.